The van der Waals surface area contributed by atoms with Crippen molar-refractivity contribution in [1.29, 1.82) is 0 Å². The largest absolute Gasteiger partial charge is 0.493 e. The van der Waals surface area contributed by atoms with Crippen molar-refractivity contribution in [2.45, 2.75) is 12.8 Å². The van der Waals surface area contributed by atoms with Crippen LogP contribution in [0, 0.1) is 0 Å². The topological polar surface area (TPSA) is 57.1 Å². The molecule has 0 unspecified atom stereocenters. The van der Waals surface area contributed by atoms with Crippen LogP contribution in [-0.4, -0.2) is 22.1 Å². The first-order chi connectivity index (χ1) is 9.50. The first-order valence-electron chi connectivity index (χ1n) is 5.49. The van der Waals surface area contributed by atoms with E-state index in [0.717, 1.165) is 12.1 Å². The lowest BCUT2D eigenvalue weighted by Gasteiger charge is -2.09. The molecule has 0 saturated heterocycles. The molecule has 0 amide bonds. The van der Waals surface area contributed by atoms with Crippen LogP contribution in [0.25, 0.3) is 0 Å². The van der Waals surface area contributed by atoms with Crippen molar-refractivity contribution in [1.82, 2.24) is 15.0 Å². The van der Waals surface area contributed by atoms with Gasteiger partial charge >= 0.3 is 6.18 Å². The molecule has 2 aromatic rings. The summed E-state index contributed by atoms with van der Waals surface area (Å²) in [4.78, 5) is 11.3. The molecule has 0 atom stereocenters. The van der Waals surface area contributed by atoms with Crippen LogP contribution in [0.5, 0.6) is 11.6 Å². The Bertz CT molecular complexity index is 573. The molecule has 0 spiro atoms. The van der Waals surface area contributed by atoms with Gasteiger partial charge < -0.3 is 9.47 Å². The van der Waals surface area contributed by atoms with E-state index in [1.165, 1.54) is 19.6 Å². The molecular weight excluding hydrogens is 275 g/mol. The normalized spacial score (nSPS) is 11.2. The van der Waals surface area contributed by atoms with E-state index >= 15 is 0 Å². The van der Waals surface area contributed by atoms with Crippen LogP contribution in [0.2, 0.25) is 0 Å². The van der Waals surface area contributed by atoms with Crippen LogP contribution < -0.4 is 9.47 Å². The fourth-order valence-electron chi connectivity index (χ4n) is 1.40. The lowest BCUT2D eigenvalue weighted by molar-refractivity contribution is -0.137. The molecule has 2 aromatic heterocycles. The molecule has 0 fully saturated rings. The van der Waals surface area contributed by atoms with Gasteiger partial charge in [0.05, 0.1) is 18.9 Å². The van der Waals surface area contributed by atoms with E-state index in [1.807, 2.05) is 0 Å². The Kier molecular flexibility index (Phi) is 4.02. The molecule has 106 valence electrons. The minimum atomic E-state index is -4.42. The van der Waals surface area contributed by atoms with E-state index in [1.54, 1.807) is 0 Å². The van der Waals surface area contributed by atoms with Crippen LogP contribution in [-0.2, 0) is 12.8 Å². The van der Waals surface area contributed by atoms with E-state index in [9.17, 15) is 13.2 Å². The van der Waals surface area contributed by atoms with Crippen molar-refractivity contribution in [2.75, 3.05) is 7.11 Å². The Labute approximate surface area is 112 Å². The van der Waals surface area contributed by atoms with Crippen molar-refractivity contribution in [3.63, 3.8) is 0 Å². The molecule has 0 radical (unpaired) electrons. The Hall–Kier alpha value is -2.38. The van der Waals surface area contributed by atoms with Gasteiger partial charge in [-0.15, -0.1) is 0 Å². The minimum absolute atomic E-state index is 0.0179. The molecule has 5 nitrogen and oxygen atoms in total. The van der Waals surface area contributed by atoms with Crippen molar-refractivity contribution in [3.8, 4) is 11.6 Å². The maximum absolute atomic E-state index is 12.4. The number of alkyl halides is 3. The van der Waals surface area contributed by atoms with E-state index < -0.39 is 11.7 Å². The van der Waals surface area contributed by atoms with Crippen LogP contribution in [0.15, 0.2) is 30.9 Å². The molecule has 2 heterocycles. The van der Waals surface area contributed by atoms with Gasteiger partial charge in [0.2, 0.25) is 5.88 Å². The van der Waals surface area contributed by atoms with Crippen LogP contribution in [0.4, 0.5) is 13.2 Å². The van der Waals surface area contributed by atoms with Crippen LogP contribution >= 0.6 is 0 Å². The Morgan fingerprint density at radius 1 is 1.15 bits per heavy atom. The van der Waals surface area contributed by atoms with Gasteiger partial charge in [-0.1, -0.05) is 0 Å². The van der Waals surface area contributed by atoms with Gasteiger partial charge in [-0.05, 0) is 6.07 Å². The monoisotopic (exact) mass is 285 g/mol. The second-order valence-corrected chi connectivity index (χ2v) is 3.71. The number of pyridine rings is 1. The Balaban J connectivity index is 2.04. The highest BCUT2D eigenvalue weighted by molar-refractivity contribution is 5.24. The number of ether oxygens (including phenoxy) is 2. The summed E-state index contributed by atoms with van der Waals surface area (Å²) in [7, 11) is 1.46. The maximum atomic E-state index is 12.4. The smallest absolute Gasteiger partial charge is 0.417 e. The molecule has 2 rings (SSSR count). The highest BCUT2D eigenvalue weighted by Gasteiger charge is 2.30. The van der Waals surface area contributed by atoms with E-state index in [4.69, 9.17) is 9.47 Å². The van der Waals surface area contributed by atoms with Crippen molar-refractivity contribution >= 4 is 0 Å². The SMILES string of the molecule is COc1cncnc1COc1ccc(C(F)(F)F)cn1. The molecule has 0 aliphatic heterocycles. The second-order valence-electron chi connectivity index (χ2n) is 3.71. The Morgan fingerprint density at radius 2 is 1.95 bits per heavy atom. The number of rotatable bonds is 4. The summed E-state index contributed by atoms with van der Waals surface area (Å²) < 4.78 is 47.3. The zero-order valence-electron chi connectivity index (χ0n) is 10.4. The molecule has 8 heteroatoms. The molecule has 0 aliphatic rings. The minimum Gasteiger partial charge on any atom is -0.493 e. The number of hydrogen-bond acceptors (Lipinski definition) is 5. The van der Waals surface area contributed by atoms with Gasteiger partial charge in [0.1, 0.15) is 18.6 Å². The molecule has 0 aliphatic carbocycles. The first kappa shape index (κ1) is 14.0. The second kappa shape index (κ2) is 5.72. The number of aromatic nitrogens is 3. The van der Waals surface area contributed by atoms with Gasteiger partial charge in [0.15, 0.2) is 5.75 Å². The molecule has 0 aromatic carbocycles. The maximum Gasteiger partial charge on any atom is 0.417 e. The summed E-state index contributed by atoms with van der Waals surface area (Å²) in [5.41, 5.74) is -0.353. The summed E-state index contributed by atoms with van der Waals surface area (Å²) in [6.07, 6.45) is -0.915. The van der Waals surface area contributed by atoms with Gasteiger partial charge in [0, 0.05) is 12.3 Å². The van der Waals surface area contributed by atoms with Gasteiger partial charge in [-0.2, -0.15) is 13.2 Å². The van der Waals surface area contributed by atoms with Crippen LogP contribution in [0.1, 0.15) is 11.3 Å². The summed E-state index contributed by atoms with van der Waals surface area (Å²) in [6.45, 7) is 0.0179. The zero-order chi connectivity index (χ0) is 14.6. The zero-order valence-corrected chi connectivity index (χ0v) is 10.4. The third kappa shape index (κ3) is 3.34. The summed E-state index contributed by atoms with van der Waals surface area (Å²) in [5.74, 6) is 0.498. The number of nitrogens with zero attached hydrogens (tertiary/aromatic N) is 3. The fraction of sp³-hybridized carbons (Fsp3) is 0.250. The quantitative estimate of drug-likeness (QED) is 0.863. The average Bonchev–Trinajstić information content (AvgIpc) is 2.45. The summed E-state index contributed by atoms with van der Waals surface area (Å²) >= 11 is 0. The molecular formula is C12H10F3N3O2. The standard InChI is InChI=1S/C12H10F3N3O2/c1-19-10-5-16-7-18-9(10)6-20-11-3-2-8(4-17-11)12(13,14)15/h2-5,7H,6H2,1H3. The summed E-state index contributed by atoms with van der Waals surface area (Å²) in [5, 5.41) is 0. The number of halogens is 3. The highest BCUT2D eigenvalue weighted by Crippen LogP contribution is 2.29. The predicted octanol–water partition coefficient (Wildman–Crippen LogP) is 2.48. The lowest BCUT2D eigenvalue weighted by atomic mass is 10.3. The van der Waals surface area contributed by atoms with Gasteiger partial charge in [-0.3, -0.25) is 0 Å². The van der Waals surface area contributed by atoms with Crippen LogP contribution in [0.3, 0.4) is 0 Å². The van der Waals surface area contributed by atoms with Crippen molar-refractivity contribution in [3.05, 3.63) is 42.1 Å². The lowest BCUT2D eigenvalue weighted by Crippen LogP contribution is -2.06. The van der Waals surface area contributed by atoms with Gasteiger partial charge in [0.25, 0.3) is 0 Å². The average molecular weight is 285 g/mol. The van der Waals surface area contributed by atoms with E-state index in [-0.39, 0.29) is 12.5 Å². The first-order valence-corrected chi connectivity index (χ1v) is 5.49. The Morgan fingerprint density at radius 3 is 2.55 bits per heavy atom. The van der Waals surface area contributed by atoms with E-state index in [0.29, 0.717) is 17.6 Å². The third-order valence-corrected chi connectivity index (χ3v) is 2.40. The summed E-state index contributed by atoms with van der Waals surface area (Å²) in [6, 6.07) is 2.05. The van der Waals surface area contributed by atoms with Gasteiger partial charge in [-0.25, -0.2) is 15.0 Å². The highest BCUT2D eigenvalue weighted by atomic mass is 19.4. The number of hydrogen-bond donors (Lipinski definition) is 0. The van der Waals surface area contributed by atoms with E-state index in [2.05, 4.69) is 15.0 Å². The molecule has 20 heavy (non-hydrogen) atoms. The molecule has 0 bridgehead atoms. The van der Waals surface area contributed by atoms with Crippen molar-refractivity contribution in [2.24, 2.45) is 0 Å². The third-order valence-electron chi connectivity index (χ3n) is 2.40. The fourth-order valence-corrected chi connectivity index (χ4v) is 1.40. The predicted molar refractivity (Wildman–Crippen MR) is 62.2 cm³/mol. The molecule has 0 saturated carbocycles. The number of methoxy groups -OCH3 is 1. The van der Waals surface area contributed by atoms with Crippen molar-refractivity contribution < 1.29 is 22.6 Å². The molecule has 0 N–H and O–H groups in total.